The normalized spacial score (nSPS) is 10.5. The number of aromatic nitrogens is 1. The number of thiocarbonyl (C=S) groups is 1. The standard InChI is InChI=1S/C18H14ClN3O2S/c1-21-10-4-7-17(21)18(25)13-9-8-12(11-14(13)19)20-15-5-2-3-6-16(15)22(23)24/h2-11,20H,1H3. The Bertz CT molecular complexity index is 968. The number of halogens is 1. The summed E-state index contributed by atoms with van der Waals surface area (Å²) in [7, 11) is 1.92. The molecule has 1 heterocycles. The van der Waals surface area contributed by atoms with Crippen molar-refractivity contribution in [2.24, 2.45) is 7.05 Å². The highest BCUT2D eigenvalue weighted by Crippen LogP contribution is 2.30. The molecular weight excluding hydrogens is 358 g/mol. The summed E-state index contributed by atoms with van der Waals surface area (Å²) in [6.07, 6.45) is 1.92. The molecule has 0 saturated heterocycles. The van der Waals surface area contributed by atoms with Crippen LogP contribution in [0.2, 0.25) is 5.02 Å². The van der Waals surface area contributed by atoms with Gasteiger partial charge < -0.3 is 9.88 Å². The van der Waals surface area contributed by atoms with Gasteiger partial charge in [0.1, 0.15) is 5.69 Å². The molecule has 0 aliphatic carbocycles. The molecule has 1 N–H and O–H groups in total. The van der Waals surface area contributed by atoms with E-state index < -0.39 is 4.92 Å². The smallest absolute Gasteiger partial charge is 0.292 e. The van der Waals surface area contributed by atoms with Gasteiger partial charge in [0.25, 0.3) is 5.69 Å². The van der Waals surface area contributed by atoms with E-state index in [-0.39, 0.29) is 5.69 Å². The molecule has 0 radical (unpaired) electrons. The topological polar surface area (TPSA) is 60.1 Å². The Labute approximate surface area is 155 Å². The van der Waals surface area contributed by atoms with Crippen LogP contribution in [0.4, 0.5) is 17.1 Å². The SMILES string of the molecule is Cn1cccc1C(=S)c1ccc(Nc2ccccc2[N+](=O)[O-])cc1Cl. The van der Waals surface area contributed by atoms with E-state index in [1.54, 1.807) is 30.3 Å². The first kappa shape index (κ1) is 17.1. The molecule has 126 valence electrons. The lowest BCUT2D eigenvalue weighted by molar-refractivity contribution is -0.383. The highest BCUT2D eigenvalue weighted by atomic mass is 35.5. The summed E-state index contributed by atoms with van der Waals surface area (Å²) in [5.74, 6) is 0. The Balaban J connectivity index is 1.90. The fourth-order valence-corrected chi connectivity index (χ4v) is 3.23. The number of para-hydroxylation sites is 2. The Morgan fingerprint density at radius 2 is 1.96 bits per heavy atom. The molecule has 1 aromatic heterocycles. The molecule has 0 atom stereocenters. The second-order valence-corrected chi connectivity index (χ2v) is 6.24. The zero-order chi connectivity index (χ0) is 18.0. The van der Waals surface area contributed by atoms with Crippen LogP contribution in [0.3, 0.4) is 0 Å². The minimum absolute atomic E-state index is 0.00188. The molecule has 25 heavy (non-hydrogen) atoms. The highest BCUT2D eigenvalue weighted by molar-refractivity contribution is 7.81. The maximum absolute atomic E-state index is 11.1. The minimum Gasteiger partial charge on any atom is -0.350 e. The maximum atomic E-state index is 11.1. The number of benzene rings is 2. The molecule has 0 aliphatic heterocycles. The van der Waals surface area contributed by atoms with Crippen molar-refractivity contribution in [3.8, 4) is 0 Å². The van der Waals surface area contributed by atoms with Gasteiger partial charge in [0.15, 0.2) is 0 Å². The lowest BCUT2D eigenvalue weighted by atomic mass is 10.1. The van der Waals surface area contributed by atoms with E-state index in [9.17, 15) is 10.1 Å². The monoisotopic (exact) mass is 371 g/mol. The van der Waals surface area contributed by atoms with E-state index in [0.717, 1.165) is 11.3 Å². The molecule has 0 bridgehead atoms. The van der Waals surface area contributed by atoms with Crippen molar-refractivity contribution in [2.45, 2.75) is 0 Å². The number of hydrogen-bond donors (Lipinski definition) is 1. The Morgan fingerprint density at radius 3 is 2.60 bits per heavy atom. The first-order chi connectivity index (χ1) is 12.0. The third-order valence-electron chi connectivity index (χ3n) is 3.77. The summed E-state index contributed by atoms with van der Waals surface area (Å²) in [5.41, 5.74) is 2.70. The predicted molar refractivity (Wildman–Crippen MR) is 104 cm³/mol. The van der Waals surface area contributed by atoms with Crippen LogP contribution in [0.15, 0.2) is 60.8 Å². The predicted octanol–water partition coefficient (Wildman–Crippen LogP) is 5.10. The fraction of sp³-hybridized carbons (Fsp3) is 0.0556. The maximum Gasteiger partial charge on any atom is 0.292 e. The quantitative estimate of drug-likeness (QED) is 0.293. The van der Waals surface area contributed by atoms with E-state index in [1.165, 1.54) is 6.07 Å². The van der Waals surface area contributed by atoms with E-state index in [1.807, 2.05) is 36.0 Å². The van der Waals surface area contributed by atoms with Crippen molar-refractivity contribution in [2.75, 3.05) is 5.32 Å². The molecule has 0 amide bonds. The number of nitrogens with zero attached hydrogens (tertiary/aromatic N) is 2. The van der Waals surface area contributed by atoms with Gasteiger partial charge in [-0.1, -0.05) is 36.0 Å². The zero-order valence-corrected chi connectivity index (χ0v) is 14.8. The van der Waals surface area contributed by atoms with E-state index in [0.29, 0.717) is 21.3 Å². The number of hydrogen-bond acceptors (Lipinski definition) is 4. The molecule has 5 nitrogen and oxygen atoms in total. The van der Waals surface area contributed by atoms with Gasteiger partial charge in [0.05, 0.1) is 20.5 Å². The fourth-order valence-electron chi connectivity index (χ4n) is 2.51. The van der Waals surface area contributed by atoms with Crippen molar-refractivity contribution in [1.29, 1.82) is 0 Å². The average Bonchev–Trinajstić information content (AvgIpc) is 3.01. The van der Waals surface area contributed by atoms with Gasteiger partial charge in [-0.3, -0.25) is 10.1 Å². The molecule has 0 aliphatic rings. The number of nitro groups is 1. The molecule has 3 aromatic rings. The molecule has 0 spiro atoms. The molecule has 0 fully saturated rings. The Kier molecular flexibility index (Phi) is 4.83. The Hall–Kier alpha value is -2.70. The molecule has 0 saturated carbocycles. The summed E-state index contributed by atoms with van der Waals surface area (Å²) in [6.45, 7) is 0. The van der Waals surface area contributed by atoms with Crippen molar-refractivity contribution < 1.29 is 4.92 Å². The average molecular weight is 372 g/mol. The number of rotatable bonds is 5. The number of nitro benzene ring substituents is 1. The van der Waals surface area contributed by atoms with Crippen molar-refractivity contribution >= 4 is 45.7 Å². The van der Waals surface area contributed by atoms with E-state index in [4.69, 9.17) is 23.8 Å². The van der Waals surface area contributed by atoms with E-state index >= 15 is 0 Å². The van der Waals surface area contributed by atoms with Crippen LogP contribution >= 0.6 is 23.8 Å². The third kappa shape index (κ3) is 3.55. The largest absolute Gasteiger partial charge is 0.350 e. The van der Waals surface area contributed by atoms with Gasteiger partial charge in [-0.05, 0) is 36.4 Å². The lowest BCUT2D eigenvalue weighted by Gasteiger charge is -2.11. The van der Waals surface area contributed by atoms with Crippen LogP contribution in [0.5, 0.6) is 0 Å². The molecule has 7 heteroatoms. The van der Waals surface area contributed by atoms with Crippen LogP contribution < -0.4 is 5.32 Å². The van der Waals surface area contributed by atoms with Crippen molar-refractivity contribution in [3.05, 3.63) is 87.2 Å². The van der Waals surface area contributed by atoms with Gasteiger partial charge in [0.2, 0.25) is 0 Å². The molecule has 3 rings (SSSR count). The van der Waals surface area contributed by atoms with Gasteiger partial charge in [-0.15, -0.1) is 0 Å². The summed E-state index contributed by atoms with van der Waals surface area (Å²) >= 11 is 11.9. The molecule has 2 aromatic carbocycles. The number of anilines is 2. The number of aryl methyl sites for hydroxylation is 1. The molecule has 0 unspecified atom stereocenters. The Morgan fingerprint density at radius 1 is 1.20 bits per heavy atom. The second kappa shape index (κ2) is 7.04. The summed E-state index contributed by atoms with van der Waals surface area (Å²) < 4.78 is 1.93. The molecular formula is C18H14ClN3O2S. The van der Waals surface area contributed by atoms with Gasteiger partial charge >= 0.3 is 0 Å². The van der Waals surface area contributed by atoms with Crippen LogP contribution in [0.1, 0.15) is 11.3 Å². The summed E-state index contributed by atoms with van der Waals surface area (Å²) in [6, 6.07) is 15.6. The minimum atomic E-state index is -0.428. The number of nitrogens with one attached hydrogen (secondary N) is 1. The van der Waals surface area contributed by atoms with Crippen LogP contribution in [0.25, 0.3) is 0 Å². The zero-order valence-electron chi connectivity index (χ0n) is 13.3. The van der Waals surface area contributed by atoms with Crippen LogP contribution in [0, 0.1) is 10.1 Å². The first-order valence-electron chi connectivity index (χ1n) is 7.43. The van der Waals surface area contributed by atoms with E-state index in [2.05, 4.69) is 5.32 Å². The first-order valence-corrected chi connectivity index (χ1v) is 8.22. The van der Waals surface area contributed by atoms with Crippen molar-refractivity contribution in [1.82, 2.24) is 4.57 Å². The highest BCUT2D eigenvalue weighted by Gasteiger charge is 2.15. The third-order valence-corrected chi connectivity index (χ3v) is 4.51. The summed E-state index contributed by atoms with van der Waals surface area (Å²) in [5, 5.41) is 14.6. The van der Waals surface area contributed by atoms with Crippen LogP contribution in [-0.2, 0) is 7.05 Å². The van der Waals surface area contributed by atoms with Gasteiger partial charge in [-0.25, -0.2) is 0 Å². The summed E-state index contributed by atoms with van der Waals surface area (Å²) in [4.78, 5) is 11.3. The van der Waals surface area contributed by atoms with Crippen LogP contribution in [-0.4, -0.2) is 14.4 Å². The van der Waals surface area contributed by atoms with Crippen molar-refractivity contribution in [3.63, 3.8) is 0 Å². The van der Waals surface area contributed by atoms with Gasteiger partial charge in [0, 0.05) is 30.6 Å². The second-order valence-electron chi connectivity index (χ2n) is 5.43. The lowest BCUT2D eigenvalue weighted by Crippen LogP contribution is -2.06. The van der Waals surface area contributed by atoms with Gasteiger partial charge in [-0.2, -0.15) is 0 Å².